The van der Waals surface area contributed by atoms with Gasteiger partial charge in [-0.1, -0.05) is 25.1 Å². The number of para-hydroxylation sites is 1. The van der Waals surface area contributed by atoms with E-state index in [1.54, 1.807) is 55.9 Å². The molecule has 0 saturated heterocycles. The fourth-order valence-corrected chi connectivity index (χ4v) is 5.44. The highest BCUT2D eigenvalue weighted by molar-refractivity contribution is 7.59. The topological polar surface area (TPSA) is 131 Å². The molecule has 2 aromatic heterocycles. The van der Waals surface area contributed by atoms with Crippen molar-refractivity contribution in [1.29, 1.82) is 0 Å². The second-order valence-electron chi connectivity index (χ2n) is 8.22. The molecule has 3 aromatic rings. The summed E-state index contributed by atoms with van der Waals surface area (Å²) in [4.78, 5) is 24.7. The van der Waals surface area contributed by atoms with Gasteiger partial charge < -0.3 is 24.3 Å². The van der Waals surface area contributed by atoms with Crippen LogP contribution in [0.4, 0.5) is 5.82 Å². The number of hydrogen-bond acceptors (Lipinski definition) is 9. The van der Waals surface area contributed by atoms with Crippen LogP contribution >= 0.6 is 7.37 Å². The molecule has 11 heteroatoms. The first-order valence-corrected chi connectivity index (χ1v) is 12.7. The highest BCUT2D eigenvalue weighted by Crippen LogP contribution is 2.49. The average Bonchev–Trinajstić information content (AvgIpc) is 3.16. The third-order valence-electron chi connectivity index (χ3n) is 4.76. The first-order valence-electron chi connectivity index (χ1n) is 10.7. The summed E-state index contributed by atoms with van der Waals surface area (Å²) >= 11 is 0. The number of aromatic nitrogens is 4. The first-order chi connectivity index (χ1) is 15.7. The van der Waals surface area contributed by atoms with Gasteiger partial charge in [0, 0.05) is 0 Å². The van der Waals surface area contributed by atoms with Crippen LogP contribution in [-0.4, -0.2) is 50.2 Å². The summed E-state index contributed by atoms with van der Waals surface area (Å²) in [5.74, 6) is -0.278. The predicted octanol–water partition coefficient (Wildman–Crippen LogP) is 3.72. The highest BCUT2D eigenvalue weighted by atomic mass is 31.2. The van der Waals surface area contributed by atoms with Crippen molar-refractivity contribution in [3.8, 4) is 5.75 Å². The Morgan fingerprint density at radius 3 is 2.55 bits per heavy atom. The molecule has 1 aromatic carbocycles. The van der Waals surface area contributed by atoms with Crippen molar-refractivity contribution in [2.75, 3.05) is 18.2 Å². The van der Waals surface area contributed by atoms with E-state index >= 15 is 0 Å². The van der Waals surface area contributed by atoms with E-state index in [1.165, 1.54) is 6.33 Å². The quantitative estimate of drug-likeness (QED) is 0.325. The van der Waals surface area contributed by atoms with Crippen molar-refractivity contribution in [3.63, 3.8) is 0 Å². The van der Waals surface area contributed by atoms with Crippen LogP contribution in [0.1, 0.15) is 27.7 Å². The third-order valence-corrected chi connectivity index (χ3v) is 6.95. The molecule has 0 unspecified atom stereocenters. The van der Waals surface area contributed by atoms with E-state index in [2.05, 4.69) is 15.0 Å². The fourth-order valence-electron chi connectivity index (χ4n) is 3.23. The smallest absolute Gasteiger partial charge is 0.309 e. The van der Waals surface area contributed by atoms with Gasteiger partial charge in [0.2, 0.25) is 0 Å². The van der Waals surface area contributed by atoms with Crippen LogP contribution in [0.5, 0.6) is 5.75 Å². The van der Waals surface area contributed by atoms with Crippen LogP contribution in [0.3, 0.4) is 0 Å². The van der Waals surface area contributed by atoms with Crippen LogP contribution in [0.2, 0.25) is 0 Å². The van der Waals surface area contributed by atoms with E-state index in [-0.39, 0.29) is 24.7 Å². The number of hydrogen-bond donors (Lipinski definition) is 1. The van der Waals surface area contributed by atoms with Gasteiger partial charge in [-0.2, -0.15) is 0 Å². The number of nitrogens with two attached hydrogens (primary N) is 1. The van der Waals surface area contributed by atoms with E-state index in [4.69, 9.17) is 19.7 Å². The fraction of sp³-hybridized carbons (Fsp3) is 0.455. The molecule has 0 aliphatic rings. The molecule has 0 bridgehead atoms. The van der Waals surface area contributed by atoms with Crippen molar-refractivity contribution >= 4 is 30.3 Å². The van der Waals surface area contributed by atoms with Gasteiger partial charge in [-0.3, -0.25) is 9.36 Å². The van der Waals surface area contributed by atoms with Crippen LogP contribution in [0.15, 0.2) is 43.0 Å². The maximum Gasteiger partial charge on any atom is 0.309 e. The van der Waals surface area contributed by atoms with Gasteiger partial charge in [-0.05, 0) is 32.9 Å². The second kappa shape index (κ2) is 10.8. The van der Waals surface area contributed by atoms with Gasteiger partial charge in [-0.15, -0.1) is 0 Å². The summed E-state index contributed by atoms with van der Waals surface area (Å²) < 4.78 is 32.6. The molecular weight excluding hydrogens is 445 g/mol. The Hall–Kier alpha value is -2.97. The first kappa shape index (κ1) is 24.7. The molecule has 3 rings (SSSR count). The Kier molecular flexibility index (Phi) is 8.05. The molecule has 2 N–H and O–H groups in total. The summed E-state index contributed by atoms with van der Waals surface area (Å²) in [6, 6.07) is 8.85. The highest BCUT2D eigenvalue weighted by Gasteiger charge is 2.32. The number of fused-ring (bicyclic) bond motifs is 1. The average molecular weight is 475 g/mol. The normalized spacial score (nSPS) is 15.2. The molecule has 33 heavy (non-hydrogen) atoms. The third kappa shape index (κ3) is 6.76. The lowest BCUT2D eigenvalue weighted by atomic mass is 10.2. The number of nitrogen functional groups attached to an aromatic ring is 1. The summed E-state index contributed by atoms with van der Waals surface area (Å²) in [6.07, 6.45) is 2.22. The van der Waals surface area contributed by atoms with E-state index in [1.807, 2.05) is 13.0 Å². The number of rotatable bonds is 11. The zero-order valence-corrected chi connectivity index (χ0v) is 20.1. The number of nitrogens with zero attached hydrogens (tertiary/aromatic N) is 4. The van der Waals surface area contributed by atoms with E-state index in [0.717, 1.165) is 0 Å². The van der Waals surface area contributed by atoms with Crippen molar-refractivity contribution in [3.05, 3.63) is 43.0 Å². The predicted molar refractivity (Wildman–Crippen MR) is 125 cm³/mol. The lowest BCUT2D eigenvalue weighted by Gasteiger charge is -2.24. The minimum atomic E-state index is -3.39. The number of anilines is 1. The van der Waals surface area contributed by atoms with Crippen LogP contribution < -0.4 is 10.3 Å². The van der Waals surface area contributed by atoms with Gasteiger partial charge in [0.1, 0.15) is 23.9 Å². The molecule has 0 saturated carbocycles. The molecule has 0 aliphatic heterocycles. The Bertz CT molecular complexity index is 1120. The number of esters is 1. The van der Waals surface area contributed by atoms with Crippen LogP contribution in [-0.2, 0) is 25.4 Å². The van der Waals surface area contributed by atoms with Gasteiger partial charge >= 0.3 is 5.97 Å². The summed E-state index contributed by atoms with van der Waals surface area (Å²) in [7, 11) is -3.39. The van der Waals surface area contributed by atoms with E-state index < -0.39 is 19.3 Å². The largest absolute Gasteiger partial charge is 0.463 e. The van der Waals surface area contributed by atoms with Gasteiger partial charge in [-0.25, -0.2) is 15.0 Å². The zero-order valence-electron chi connectivity index (χ0n) is 19.2. The molecule has 0 amide bonds. The lowest BCUT2D eigenvalue weighted by molar-refractivity contribution is -0.151. The SMILES string of the molecule is CC(C)OC(=O)[C@H](C)C[P@](=O)(CO[C@H](C)Cn1cnc2c(N)ncnc21)Oc1ccccc1. The number of carbonyl (C=O) groups is 1. The molecule has 10 nitrogen and oxygen atoms in total. The molecule has 3 atom stereocenters. The molecule has 178 valence electrons. The lowest BCUT2D eigenvalue weighted by Crippen LogP contribution is -2.24. The Morgan fingerprint density at radius 1 is 1.12 bits per heavy atom. The van der Waals surface area contributed by atoms with Gasteiger partial charge in [0.05, 0.1) is 37.2 Å². The second-order valence-corrected chi connectivity index (χ2v) is 10.7. The molecule has 2 heterocycles. The maximum atomic E-state index is 13.7. The molecule has 0 spiro atoms. The molecule has 0 fully saturated rings. The molecule has 0 aliphatic carbocycles. The van der Waals surface area contributed by atoms with Crippen molar-refractivity contribution in [2.24, 2.45) is 5.92 Å². The maximum absolute atomic E-state index is 13.7. The summed E-state index contributed by atoms with van der Waals surface area (Å²) in [5.41, 5.74) is 6.94. The minimum absolute atomic E-state index is 0.00205. The monoisotopic (exact) mass is 475 g/mol. The Morgan fingerprint density at radius 2 is 1.85 bits per heavy atom. The molecular formula is C22H30N5O5P. The standard InChI is InChI=1S/C22H30N5O5P/c1-15(2)31-22(28)16(3)11-33(29,32-18-8-6-5-7-9-18)14-30-17(4)10-27-13-26-19-20(23)24-12-25-21(19)27/h5-9,12-13,15-17H,10-11,14H2,1-4H3,(H2,23,24,25)/t16-,17-,33-/m1/s1. The van der Waals surface area contributed by atoms with E-state index in [9.17, 15) is 9.36 Å². The van der Waals surface area contributed by atoms with Crippen molar-refractivity contribution < 1.29 is 23.4 Å². The molecule has 0 radical (unpaired) electrons. The number of benzene rings is 1. The number of carbonyl (C=O) groups excluding carboxylic acids is 1. The minimum Gasteiger partial charge on any atom is -0.463 e. The van der Waals surface area contributed by atoms with Crippen LogP contribution in [0.25, 0.3) is 11.2 Å². The number of ether oxygens (including phenoxy) is 2. The zero-order chi connectivity index (χ0) is 24.0. The van der Waals surface area contributed by atoms with Crippen LogP contribution in [0, 0.1) is 5.92 Å². The van der Waals surface area contributed by atoms with Crippen molar-refractivity contribution in [2.45, 2.75) is 46.4 Å². The Balaban J connectivity index is 1.70. The Labute approximate surface area is 192 Å². The van der Waals surface area contributed by atoms with Crippen molar-refractivity contribution in [1.82, 2.24) is 19.5 Å². The van der Waals surface area contributed by atoms with Gasteiger partial charge in [0.25, 0.3) is 7.37 Å². The summed E-state index contributed by atoms with van der Waals surface area (Å²) in [5, 5.41) is 0. The van der Waals surface area contributed by atoms with Gasteiger partial charge in [0.15, 0.2) is 11.5 Å². The van der Waals surface area contributed by atoms with E-state index in [0.29, 0.717) is 29.3 Å². The summed E-state index contributed by atoms with van der Waals surface area (Å²) in [6.45, 7) is 7.47. The number of imidazole rings is 1.